The monoisotopic (exact) mass is 270 g/mol. The number of sulfonamides is 1. The van der Waals surface area contributed by atoms with Gasteiger partial charge in [0.1, 0.15) is 10.7 Å². The number of nitrogens with zero attached hydrogens (tertiary/aromatic N) is 1. The summed E-state index contributed by atoms with van der Waals surface area (Å²) in [6.45, 7) is 4.08. The molecule has 1 aromatic heterocycles. The Kier molecular flexibility index (Phi) is 3.56. The second kappa shape index (κ2) is 4.83. The highest BCUT2D eigenvalue weighted by atomic mass is 32.2. The summed E-state index contributed by atoms with van der Waals surface area (Å²) < 4.78 is 22.2. The second-order valence-corrected chi connectivity index (χ2v) is 6.42. The van der Waals surface area contributed by atoms with Crippen LogP contribution in [0.4, 0.5) is 5.82 Å². The van der Waals surface area contributed by atoms with E-state index < -0.39 is 10.0 Å². The van der Waals surface area contributed by atoms with Crippen LogP contribution in [0.3, 0.4) is 0 Å². The van der Waals surface area contributed by atoms with Gasteiger partial charge in [0.2, 0.25) is 10.0 Å². The van der Waals surface area contributed by atoms with Crippen LogP contribution in [0.25, 0.3) is 0 Å². The fourth-order valence-corrected chi connectivity index (χ4v) is 2.49. The van der Waals surface area contributed by atoms with Gasteiger partial charge < -0.3 is 10.6 Å². The number of aromatic nitrogens is 1. The molecule has 100 valence electrons. The average molecular weight is 270 g/mol. The molecule has 0 amide bonds. The summed E-state index contributed by atoms with van der Waals surface area (Å²) in [4.78, 5) is 4.12. The molecule has 0 aliphatic carbocycles. The molecule has 6 nitrogen and oxygen atoms in total. The highest BCUT2D eigenvalue weighted by Gasteiger charge is 2.26. The molecule has 0 saturated carbocycles. The van der Waals surface area contributed by atoms with Crippen molar-refractivity contribution in [1.29, 1.82) is 0 Å². The Bertz CT molecular complexity index is 506. The van der Waals surface area contributed by atoms with Gasteiger partial charge in [0.15, 0.2) is 0 Å². The van der Waals surface area contributed by atoms with E-state index >= 15 is 0 Å². The molecule has 2 heterocycles. The first-order chi connectivity index (χ1) is 8.39. The zero-order chi connectivity index (χ0) is 13.2. The van der Waals surface area contributed by atoms with Gasteiger partial charge >= 0.3 is 0 Å². The molecule has 1 aromatic rings. The molecule has 0 bridgehead atoms. The first-order valence-corrected chi connectivity index (χ1v) is 7.41. The van der Waals surface area contributed by atoms with Crippen molar-refractivity contribution in [2.45, 2.75) is 30.2 Å². The van der Waals surface area contributed by atoms with Gasteiger partial charge in [-0.3, -0.25) is 0 Å². The highest BCUT2D eigenvalue weighted by molar-refractivity contribution is 7.89. The minimum absolute atomic E-state index is 0.00135. The van der Waals surface area contributed by atoms with E-state index in [1.165, 1.54) is 12.3 Å². The Morgan fingerprint density at radius 2 is 2.06 bits per heavy atom. The van der Waals surface area contributed by atoms with E-state index in [9.17, 15) is 8.42 Å². The molecule has 4 N–H and O–H groups in total. The number of nitrogens with two attached hydrogens (primary N) is 1. The number of hydrogen-bond donors (Lipinski definition) is 3. The van der Waals surface area contributed by atoms with Gasteiger partial charge in [0, 0.05) is 11.7 Å². The molecular weight excluding hydrogens is 252 g/mol. The minimum Gasteiger partial charge on any atom is -0.365 e. The molecule has 0 radical (unpaired) electrons. The van der Waals surface area contributed by atoms with Crippen molar-refractivity contribution in [2.24, 2.45) is 5.14 Å². The van der Waals surface area contributed by atoms with Crippen molar-refractivity contribution in [1.82, 2.24) is 10.3 Å². The van der Waals surface area contributed by atoms with Crippen molar-refractivity contribution in [3.05, 3.63) is 18.3 Å². The Morgan fingerprint density at radius 1 is 1.39 bits per heavy atom. The van der Waals surface area contributed by atoms with Gasteiger partial charge in [-0.15, -0.1) is 0 Å². The van der Waals surface area contributed by atoms with E-state index in [4.69, 9.17) is 5.14 Å². The summed E-state index contributed by atoms with van der Waals surface area (Å²) in [5, 5.41) is 11.7. The molecular formula is C11H18N4O2S. The third-order valence-corrected chi connectivity index (χ3v) is 4.10. The van der Waals surface area contributed by atoms with E-state index in [0.717, 1.165) is 25.9 Å². The molecule has 1 saturated heterocycles. The largest absolute Gasteiger partial charge is 0.365 e. The minimum atomic E-state index is -3.67. The van der Waals surface area contributed by atoms with Gasteiger partial charge in [0.25, 0.3) is 0 Å². The van der Waals surface area contributed by atoms with E-state index in [1.807, 2.05) is 0 Å². The molecule has 0 aromatic carbocycles. The number of primary sulfonamides is 1. The number of rotatable bonds is 3. The van der Waals surface area contributed by atoms with Crippen molar-refractivity contribution in [3.63, 3.8) is 0 Å². The van der Waals surface area contributed by atoms with E-state index in [-0.39, 0.29) is 10.4 Å². The van der Waals surface area contributed by atoms with Gasteiger partial charge in [-0.1, -0.05) is 0 Å². The molecule has 1 fully saturated rings. The quantitative estimate of drug-likeness (QED) is 0.733. The van der Waals surface area contributed by atoms with Crippen LogP contribution in [0.5, 0.6) is 0 Å². The first-order valence-electron chi connectivity index (χ1n) is 5.87. The van der Waals surface area contributed by atoms with E-state index in [0.29, 0.717) is 5.82 Å². The Hall–Kier alpha value is -1.18. The summed E-state index contributed by atoms with van der Waals surface area (Å²) in [6, 6.07) is 3.11. The smallest absolute Gasteiger partial charge is 0.239 e. The van der Waals surface area contributed by atoms with Crippen LogP contribution >= 0.6 is 0 Å². The van der Waals surface area contributed by atoms with Gasteiger partial charge in [-0.2, -0.15) is 0 Å². The highest BCUT2D eigenvalue weighted by Crippen LogP contribution is 2.22. The maximum absolute atomic E-state index is 11.1. The molecule has 18 heavy (non-hydrogen) atoms. The molecule has 1 aliphatic heterocycles. The topological polar surface area (TPSA) is 97.1 Å². The van der Waals surface area contributed by atoms with E-state index in [2.05, 4.69) is 22.5 Å². The number of pyridine rings is 1. The first kappa shape index (κ1) is 13.3. The predicted octanol–water partition coefficient (Wildman–Crippen LogP) is 0.283. The van der Waals surface area contributed by atoms with Crippen molar-refractivity contribution in [3.8, 4) is 0 Å². The molecule has 7 heteroatoms. The standard InChI is InChI=1S/C11H18N4O2S/c1-11(4-6-13-7-5-11)15-10-3-2-9(8-14-10)18(12,16)17/h2-3,8,13H,4-7H2,1H3,(H,14,15)(H2,12,16,17). The Balaban J connectivity index is 2.11. The second-order valence-electron chi connectivity index (χ2n) is 4.86. The fraction of sp³-hybridized carbons (Fsp3) is 0.545. The van der Waals surface area contributed by atoms with Crippen LogP contribution in [-0.4, -0.2) is 32.0 Å². The molecule has 2 rings (SSSR count). The molecule has 1 aliphatic rings. The van der Waals surface area contributed by atoms with E-state index in [1.54, 1.807) is 6.07 Å². The van der Waals surface area contributed by atoms with Crippen LogP contribution in [0.1, 0.15) is 19.8 Å². The fourth-order valence-electron chi connectivity index (χ4n) is 2.04. The number of hydrogen-bond acceptors (Lipinski definition) is 5. The maximum atomic E-state index is 11.1. The summed E-state index contributed by atoms with van der Waals surface area (Å²) >= 11 is 0. The normalized spacial score (nSPS) is 19.4. The van der Waals surface area contributed by atoms with Crippen LogP contribution in [0.2, 0.25) is 0 Å². The van der Waals surface area contributed by atoms with Gasteiger partial charge in [0.05, 0.1) is 0 Å². The zero-order valence-corrected chi connectivity index (χ0v) is 11.1. The van der Waals surface area contributed by atoms with Crippen LogP contribution < -0.4 is 15.8 Å². The number of anilines is 1. The Labute approximate surface area is 107 Å². The Morgan fingerprint density at radius 3 is 2.56 bits per heavy atom. The van der Waals surface area contributed by atoms with Crippen molar-refractivity contribution >= 4 is 15.8 Å². The summed E-state index contributed by atoms with van der Waals surface area (Å²) in [7, 11) is -3.67. The molecule has 0 unspecified atom stereocenters. The molecule has 0 atom stereocenters. The van der Waals surface area contributed by atoms with Gasteiger partial charge in [-0.05, 0) is 45.0 Å². The number of piperidine rings is 1. The van der Waals surface area contributed by atoms with Crippen molar-refractivity contribution < 1.29 is 8.42 Å². The molecule has 0 spiro atoms. The lowest BCUT2D eigenvalue weighted by atomic mass is 9.91. The van der Waals surface area contributed by atoms with Crippen molar-refractivity contribution in [2.75, 3.05) is 18.4 Å². The lowest BCUT2D eigenvalue weighted by molar-refractivity contribution is 0.364. The predicted molar refractivity (Wildman–Crippen MR) is 69.7 cm³/mol. The van der Waals surface area contributed by atoms with Crippen LogP contribution in [0, 0.1) is 0 Å². The summed E-state index contributed by atoms with van der Waals surface area (Å²) in [6.07, 6.45) is 3.29. The zero-order valence-electron chi connectivity index (χ0n) is 10.3. The SMILES string of the molecule is CC1(Nc2ccc(S(N)(=O)=O)cn2)CCNCC1. The van der Waals surface area contributed by atoms with Crippen LogP contribution in [-0.2, 0) is 10.0 Å². The van der Waals surface area contributed by atoms with Crippen LogP contribution in [0.15, 0.2) is 23.2 Å². The lowest BCUT2D eigenvalue weighted by Crippen LogP contribution is -2.45. The van der Waals surface area contributed by atoms with Gasteiger partial charge in [-0.25, -0.2) is 18.5 Å². The number of nitrogens with one attached hydrogen (secondary N) is 2. The maximum Gasteiger partial charge on any atom is 0.239 e. The lowest BCUT2D eigenvalue weighted by Gasteiger charge is -2.35. The summed E-state index contributed by atoms with van der Waals surface area (Å²) in [5.41, 5.74) is 0.00135. The third kappa shape index (κ3) is 3.18. The third-order valence-electron chi connectivity index (χ3n) is 3.20. The summed E-state index contributed by atoms with van der Waals surface area (Å²) in [5.74, 6) is 0.673. The average Bonchev–Trinajstić information content (AvgIpc) is 2.29.